The largest absolute Gasteiger partial charge is 0.312 e. The summed E-state index contributed by atoms with van der Waals surface area (Å²) in [5.41, 5.74) is 11.7. The van der Waals surface area contributed by atoms with Crippen molar-refractivity contribution in [2.45, 2.75) is 18.4 Å². The molecule has 4 N–H and O–H groups in total. The fraction of sp³-hybridized carbons (Fsp3) is 0.375. The summed E-state index contributed by atoms with van der Waals surface area (Å²) in [5, 5.41) is 0. The first-order chi connectivity index (χ1) is 6.29. The van der Waals surface area contributed by atoms with E-state index in [1.54, 1.807) is 18.5 Å². The van der Waals surface area contributed by atoms with Crippen molar-refractivity contribution in [1.29, 1.82) is 0 Å². The number of hydrogen-bond donors (Lipinski definition) is 3. The molecule has 0 bridgehead atoms. The van der Waals surface area contributed by atoms with E-state index in [4.69, 9.17) is 5.73 Å². The van der Waals surface area contributed by atoms with Crippen LogP contribution in [0.5, 0.6) is 0 Å². The Labute approximate surface area is 75.3 Å². The fourth-order valence-corrected chi connectivity index (χ4v) is 1.38. The Bertz CT molecular complexity index is 279. The molecule has 3 atom stereocenters. The molecule has 5 heteroatoms. The van der Waals surface area contributed by atoms with E-state index in [-0.39, 0.29) is 0 Å². The number of nitrogens with zero attached hydrogens (tertiary/aromatic N) is 1. The van der Waals surface area contributed by atoms with Crippen molar-refractivity contribution in [3.8, 4) is 0 Å². The van der Waals surface area contributed by atoms with E-state index < -0.39 is 18.4 Å². The van der Waals surface area contributed by atoms with E-state index >= 15 is 0 Å². The summed E-state index contributed by atoms with van der Waals surface area (Å²) >= 11 is 0. The van der Waals surface area contributed by atoms with Gasteiger partial charge in [0.2, 0.25) is 0 Å². The van der Waals surface area contributed by atoms with Crippen molar-refractivity contribution in [3.63, 3.8) is 0 Å². The van der Waals surface area contributed by atoms with E-state index in [1.165, 1.54) is 0 Å². The lowest BCUT2D eigenvalue weighted by Gasteiger charge is -2.12. The first kappa shape index (κ1) is 8.55. The van der Waals surface area contributed by atoms with Gasteiger partial charge in [0.1, 0.15) is 6.17 Å². The molecule has 0 amide bonds. The van der Waals surface area contributed by atoms with Gasteiger partial charge in [-0.3, -0.25) is 4.98 Å². The average molecular weight is 182 g/mol. The first-order valence-electron chi connectivity index (χ1n) is 4.09. The molecule has 2 rings (SSSR count). The van der Waals surface area contributed by atoms with Gasteiger partial charge in [-0.25, -0.2) is 15.2 Å². The van der Waals surface area contributed by atoms with Crippen LogP contribution in [0.3, 0.4) is 0 Å². The molecule has 1 saturated heterocycles. The number of hydrazine groups is 1. The maximum absolute atomic E-state index is 13.4. The molecule has 1 fully saturated rings. The van der Waals surface area contributed by atoms with Gasteiger partial charge in [0.25, 0.3) is 0 Å². The smallest absolute Gasteiger partial charge is 0.150 e. The summed E-state index contributed by atoms with van der Waals surface area (Å²) in [7, 11) is 0. The molecule has 1 aliphatic heterocycles. The Morgan fingerprint density at radius 3 is 2.85 bits per heavy atom. The molecule has 4 nitrogen and oxygen atoms in total. The minimum Gasteiger partial charge on any atom is -0.312 e. The van der Waals surface area contributed by atoms with Gasteiger partial charge in [-0.2, -0.15) is 0 Å². The van der Waals surface area contributed by atoms with Crippen LogP contribution in [0, 0.1) is 0 Å². The highest BCUT2D eigenvalue weighted by Gasteiger charge is 2.34. The number of nitrogens with one attached hydrogen (secondary N) is 2. The third-order valence-electron chi connectivity index (χ3n) is 2.11. The lowest BCUT2D eigenvalue weighted by atomic mass is 10.1. The van der Waals surface area contributed by atoms with Crippen LogP contribution in [0.1, 0.15) is 11.6 Å². The van der Waals surface area contributed by atoms with E-state index in [0.717, 1.165) is 5.56 Å². The number of aromatic nitrogens is 1. The van der Waals surface area contributed by atoms with Crippen molar-refractivity contribution >= 4 is 0 Å². The first-order valence-corrected chi connectivity index (χ1v) is 4.09. The molecule has 0 radical (unpaired) electrons. The summed E-state index contributed by atoms with van der Waals surface area (Å²) in [6.45, 7) is 0. The Morgan fingerprint density at radius 2 is 2.31 bits per heavy atom. The number of pyridine rings is 1. The van der Waals surface area contributed by atoms with Gasteiger partial charge in [0, 0.05) is 12.4 Å². The highest BCUT2D eigenvalue weighted by Crippen LogP contribution is 2.22. The van der Waals surface area contributed by atoms with Gasteiger partial charge in [0.15, 0.2) is 6.17 Å². The second kappa shape index (κ2) is 3.37. The summed E-state index contributed by atoms with van der Waals surface area (Å²) in [4.78, 5) is 3.91. The monoisotopic (exact) mass is 182 g/mol. The standard InChI is InChI=1S/C8H11FN4/c9-6-7(12-13-8(6)10)5-2-1-3-11-4-5/h1-4,6-8,12-13H,10H2. The van der Waals surface area contributed by atoms with E-state index in [0.29, 0.717) is 0 Å². The topological polar surface area (TPSA) is 63.0 Å². The van der Waals surface area contributed by atoms with Crippen molar-refractivity contribution < 1.29 is 4.39 Å². The number of halogens is 1. The molecule has 1 aliphatic rings. The normalized spacial score (nSPS) is 33.5. The van der Waals surface area contributed by atoms with Crippen LogP contribution in [0.4, 0.5) is 4.39 Å². The highest BCUT2D eigenvalue weighted by molar-refractivity contribution is 5.17. The minimum atomic E-state index is -1.12. The number of alkyl halides is 1. The molecular weight excluding hydrogens is 171 g/mol. The average Bonchev–Trinajstić information content (AvgIpc) is 2.49. The zero-order chi connectivity index (χ0) is 9.26. The van der Waals surface area contributed by atoms with Crippen LogP contribution in [-0.4, -0.2) is 17.3 Å². The van der Waals surface area contributed by atoms with Crippen molar-refractivity contribution in [2.24, 2.45) is 5.73 Å². The Balaban J connectivity index is 2.19. The second-order valence-electron chi connectivity index (χ2n) is 3.02. The summed E-state index contributed by atoms with van der Waals surface area (Å²) < 4.78 is 13.4. The van der Waals surface area contributed by atoms with Crippen LogP contribution in [0.2, 0.25) is 0 Å². The van der Waals surface area contributed by atoms with Gasteiger partial charge in [-0.05, 0) is 11.6 Å². The Kier molecular flexibility index (Phi) is 2.22. The Hall–Kier alpha value is -1.04. The zero-order valence-electron chi connectivity index (χ0n) is 6.94. The molecule has 13 heavy (non-hydrogen) atoms. The van der Waals surface area contributed by atoms with Crippen LogP contribution in [0.25, 0.3) is 0 Å². The SMILES string of the molecule is NC1NNC(c2cccnc2)C1F. The molecule has 1 aromatic rings. The van der Waals surface area contributed by atoms with Crippen LogP contribution >= 0.6 is 0 Å². The van der Waals surface area contributed by atoms with E-state index in [2.05, 4.69) is 15.8 Å². The third-order valence-corrected chi connectivity index (χ3v) is 2.11. The lowest BCUT2D eigenvalue weighted by Crippen LogP contribution is -2.39. The van der Waals surface area contributed by atoms with Crippen molar-refractivity contribution in [3.05, 3.63) is 30.1 Å². The van der Waals surface area contributed by atoms with Crippen LogP contribution in [-0.2, 0) is 0 Å². The molecule has 0 aliphatic carbocycles. The van der Waals surface area contributed by atoms with Gasteiger partial charge in [0.05, 0.1) is 6.04 Å². The highest BCUT2D eigenvalue weighted by atomic mass is 19.1. The summed E-state index contributed by atoms with van der Waals surface area (Å²) in [6.07, 6.45) is 1.51. The molecule has 0 saturated carbocycles. The minimum absolute atomic E-state index is 0.399. The summed E-state index contributed by atoms with van der Waals surface area (Å²) in [5.74, 6) is 0. The molecule has 1 aromatic heterocycles. The maximum Gasteiger partial charge on any atom is 0.150 e. The lowest BCUT2D eigenvalue weighted by molar-refractivity contribution is 0.278. The van der Waals surface area contributed by atoms with Crippen LogP contribution < -0.4 is 16.6 Å². The van der Waals surface area contributed by atoms with Gasteiger partial charge >= 0.3 is 0 Å². The fourth-order valence-electron chi connectivity index (χ4n) is 1.38. The van der Waals surface area contributed by atoms with Gasteiger partial charge in [-0.1, -0.05) is 6.07 Å². The molecule has 70 valence electrons. The third kappa shape index (κ3) is 1.53. The predicted molar refractivity (Wildman–Crippen MR) is 46.1 cm³/mol. The molecule has 2 heterocycles. The van der Waals surface area contributed by atoms with Gasteiger partial charge < -0.3 is 5.73 Å². The Morgan fingerprint density at radius 1 is 1.46 bits per heavy atom. The molecule has 0 spiro atoms. The van der Waals surface area contributed by atoms with E-state index in [9.17, 15) is 4.39 Å². The summed E-state index contributed by atoms with van der Waals surface area (Å²) in [6, 6.07) is 3.19. The second-order valence-corrected chi connectivity index (χ2v) is 3.02. The van der Waals surface area contributed by atoms with E-state index in [1.807, 2.05) is 6.07 Å². The van der Waals surface area contributed by atoms with Crippen molar-refractivity contribution in [1.82, 2.24) is 15.8 Å². The number of hydrogen-bond acceptors (Lipinski definition) is 4. The molecule has 3 unspecified atom stereocenters. The number of nitrogens with two attached hydrogens (primary N) is 1. The van der Waals surface area contributed by atoms with Crippen molar-refractivity contribution in [2.75, 3.05) is 0 Å². The predicted octanol–water partition coefficient (Wildman–Crippen LogP) is -0.147. The number of rotatable bonds is 1. The van der Waals surface area contributed by atoms with Crippen LogP contribution in [0.15, 0.2) is 24.5 Å². The molecule has 0 aromatic carbocycles. The maximum atomic E-state index is 13.4. The zero-order valence-corrected chi connectivity index (χ0v) is 6.94. The molecular formula is C8H11FN4. The van der Waals surface area contributed by atoms with Gasteiger partial charge in [-0.15, -0.1) is 0 Å². The quantitative estimate of drug-likeness (QED) is 0.565.